The number of carboxylic acids is 1. The Kier molecular flexibility index (Phi) is 6.04. The van der Waals surface area contributed by atoms with Crippen LogP contribution >= 0.6 is 0 Å². The maximum Gasteiger partial charge on any atom is 0.333 e. The molecule has 9 nitrogen and oxygen atoms in total. The zero-order valence-corrected chi connectivity index (χ0v) is 14.3. The number of hydrogen-bond donors (Lipinski definition) is 3. The molecule has 1 unspecified atom stereocenters. The van der Waals surface area contributed by atoms with Crippen molar-refractivity contribution in [1.82, 2.24) is 30.8 Å². The van der Waals surface area contributed by atoms with E-state index in [1.807, 2.05) is 0 Å². The zero-order chi connectivity index (χ0) is 18.3. The van der Waals surface area contributed by atoms with Gasteiger partial charge < -0.3 is 15.7 Å². The molecule has 0 radical (unpaired) electrons. The van der Waals surface area contributed by atoms with Gasteiger partial charge in [-0.15, -0.1) is 5.10 Å². The molecule has 1 aromatic carbocycles. The van der Waals surface area contributed by atoms with Gasteiger partial charge in [-0.3, -0.25) is 0 Å². The largest absolute Gasteiger partial charge is 0.479 e. The lowest BCUT2D eigenvalue weighted by Crippen LogP contribution is -2.52. The van der Waals surface area contributed by atoms with Crippen LogP contribution in [0.25, 0.3) is 0 Å². The van der Waals surface area contributed by atoms with Gasteiger partial charge >= 0.3 is 12.0 Å². The van der Waals surface area contributed by atoms with Crippen molar-refractivity contribution in [3.63, 3.8) is 0 Å². The number of carbonyl (C=O) groups is 2. The second-order valence-corrected chi connectivity index (χ2v) is 5.78. The fraction of sp³-hybridized carbons (Fsp3) is 0.438. The van der Waals surface area contributed by atoms with Crippen LogP contribution in [0.5, 0.6) is 0 Å². The number of nitrogens with zero attached hydrogens (tertiary/aromatic N) is 4. The van der Waals surface area contributed by atoms with Crippen LogP contribution in [-0.4, -0.2) is 37.3 Å². The molecule has 9 heteroatoms. The van der Waals surface area contributed by atoms with Crippen LogP contribution in [0, 0.1) is 0 Å². The van der Waals surface area contributed by atoms with E-state index in [0.29, 0.717) is 17.9 Å². The number of carbonyl (C=O) groups excluding carboxylic acids is 1. The number of amides is 2. The van der Waals surface area contributed by atoms with Crippen molar-refractivity contribution in [3.05, 3.63) is 41.7 Å². The topological polar surface area (TPSA) is 122 Å². The van der Waals surface area contributed by atoms with Crippen LogP contribution in [0.15, 0.2) is 30.3 Å². The van der Waals surface area contributed by atoms with E-state index >= 15 is 0 Å². The zero-order valence-electron chi connectivity index (χ0n) is 14.3. The molecule has 3 N–H and O–H groups in total. The standard InChI is InChI=1S/C16H22N6O3/c1-3-4-10-22-13(19-20-21-22)11-17-15(25)18-16(2,14(23)24)12-8-6-5-7-9-12/h5-9H,3-4,10-11H2,1-2H3,(H,23,24)(H2,17,18,25). The van der Waals surface area contributed by atoms with E-state index in [9.17, 15) is 14.7 Å². The molecule has 2 rings (SSSR count). The lowest BCUT2D eigenvalue weighted by Gasteiger charge is -2.26. The first kappa shape index (κ1) is 18.4. The Morgan fingerprint density at radius 1 is 1.28 bits per heavy atom. The average Bonchev–Trinajstić information content (AvgIpc) is 3.06. The van der Waals surface area contributed by atoms with E-state index < -0.39 is 17.5 Å². The first-order chi connectivity index (χ1) is 12.0. The van der Waals surface area contributed by atoms with Crippen molar-refractivity contribution in [3.8, 4) is 0 Å². The van der Waals surface area contributed by atoms with Crippen LogP contribution in [-0.2, 0) is 23.4 Å². The number of hydrogen-bond acceptors (Lipinski definition) is 5. The van der Waals surface area contributed by atoms with Gasteiger partial charge in [0.2, 0.25) is 0 Å². The van der Waals surface area contributed by atoms with Gasteiger partial charge in [-0.25, -0.2) is 14.3 Å². The van der Waals surface area contributed by atoms with Crippen molar-refractivity contribution >= 4 is 12.0 Å². The Bertz CT molecular complexity index is 718. The Labute approximate surface area is 145 Å². The third-order valence-corrected chi connectivity index (χ3v) is 3.88. The summed E-state index contributed by atoms with van der Waals surface area (Å²) in [6.45, 7) is 4.27. The fourth-order valence-electron chi connectivity index (χ4n) is 2.28. The minimum absolute atomic E-state index is 0.104. The van der Waals surface area contributed by atoms with E-state index in [-0.39, 0.29) is 6.54 Å². The van der Waals surface area contributed by atoms with E-state index in [1.165, 1.54) is 6.92 Å². The maximum atomic E-state index is 12.2. The molecule has 1 atom stereocenters. The summed E-state index contributed by atoms with van der Waals surface area (Å²) in [7, 11) is 0. The van der Waals surface area contributed by atoms with Gasteiger partial charge in [-0.1, -0.05) is 43.7 Å². The van der Waals surface area contributed by atoms with Gasteiger partial charge in [0.25, 0.3) is 0 Å². The minimum atomic E-state index is -1.54. The number of nitrogens with one attached hydrogen (secondary N) is 2. The van der Waals surface area contributed by atoms with Crippen molar-refractivity contribution < 1.29 is 14.7 Å². The van der Waals surface area contributed by atoms with Crippen LogP contribution in [0.1, 0.15) is 38.1 Å². The fourth-order valence-corrected chi connectivity index (χ4v) is 2.28. The van der Waals surface area contributed by atoms with Crippen molar-refractivity contribution in [2.24, 2.45) is 0 Å². The second-order valence-electron chi connectivity index (χ2n) is 5.78. The number of aromatic nitrogens is 4. The summed E-state index contributed by atoms with van der Waals surface area (Å²) < 4.78 is 1.62. The van der Waals surface area contributed by atoms with Gasteiger partial charge in [0, 0.05) is 6.54 Å². The van der Waals surface area contributed by atoms with Crippen LogP contribution < -0.4 is 10.6 Å². The number of urea groups is 1. The van der Waals surface area contributed by atoms with E-state index in [4.69, 9.17) is 0 Å². The first-order valence-corrected chi connectivity index (χ1v) is 8.07. The van der Waals surface area contributed by atoms with E-state index in [0.717, 1.165) is 12.8 Å². The van der Waals surface area contributed by atoms with Crippen LogP contribution in [0.3, 0.4) is 0 Å². The van der Waals surface area contributed by atoms with Gasteiger partial charge in [0.15, 0.2) is 11.4 Å². The molecule has 25 heavy (non-hydrogen) atoms. The number of aliphatic carboxylic acids is 1. The molecule has 0 spiro atoms. The molecule has 134 valence electrons. The molecule has 1 aromatic heterocycles. The monoisotopic (exact) mass is 346 g/mol. The van der Waals surface area contributed by atoms with Crippen molar-refractivity contribution in [2.75, 3.05) is 0 Å². The highest BCUT2D eigenvalue weighted by Gasteiger charge is 2.36. The summed E-state index contributed by atoms with van der Waals surface area (Å²) in [6.07, 6.45) is 1.93. The summed E-state index contributed by atoms with van der Waals surface area (Å²) in [5.41, 5.74) is -1.06. The number of carboxylic acid groups (broad SMARTS) is 1. The summed E-state index contributed by atoms with van der Waals surface area (Å²) in [6, 6.07) is 7.91. The predicted octanol–water partition coefficient (Wildman–Crippen LogP) is 1.27. The lowest BCUT2D eigenvalue weighted by molar-refractivity contribution is -0.144. The molecule has 0 aliphatic carbocycles. The molecule has 2 amide bonds. The lowest BCUT2D eigenvalue weighted by atomic mass is 9.92. The molecule has 0 saturated carbocycles. The maximum absolute atomic E-state index is 12.2. The normalized spacial score (nSPS) is 13.0. The Morgan fingerprint density at radius 3 is 2.64 bits per heavy atom. The Balaban J connectivity index is 2.01. The molecular weight excluding hydrogens is 324 g/mol. The van der Waals surface area contributed by atoms with E-state index in [1.54, 1.807) is 35.0 Å². The molecular formula is C16H22N6O3. The van der Waals surface area contributed by atoms with Crippen LogP contribution in [0.2, 0.25) is 0 Å². The third-order valence-electron chi connectivity index (χ3n) is 3.88. The highest BCUT2D eigenvalue weighted by molar-refractivity contribution is 5.87. The molecule has 0 aliphatic heterocycles. The number of rotatable bonds is 8. The average molecular weight is 346 g/mol. The van der Waals surface area contributed by atoms with E-state index in [2.05, 4.69) is 33.1 Å². The third kappa shape index (κ3) is 4.52. The quantitative estimate of drug-likeness (QED) is 0.662. The predicted molar refractivity (Wildman–Crippen MR) is 89.5 cm³/mol. The van der Waals surface area contributed by atoms with Gasteiger partial charge in [0.1, 0.15) is 0 Å². The second kappa shape index (κ2) is 8.22. The Morgan fingerprint density at radius 2 is 2.00 bits per heavy atom. The molecule has 0 bridgehead atoms. The number of benzene rings is 1. The first-order valence-electron chi connectivity index (χ1n) is 8.07. The summed E-state index contributed by atoms with van der Waals surface area (Å²) in [5.74, 6) is -0.637. The number of aryl methyl sites for hydroxylation is 1. The van der Waals surface area contributed by atoms with Crippen molar-refractivity contribution in [1.29, 1.82) is 0 Å². The number of unbranched alkanes of at least 4 members (excludes halogenated alkanes) is 1. The molecule has 0 aliphatic rings. The van der Waals surface area contributed by atoms with Gasteiger partial charge in [0.05, 0.1) is 6.54 Å². The highest BCUT2D eigenvalue weighted by Crippen LogP contribution is 2.20. The summed E-state index contributed by atoms with van der Waals surface area (Å²) >= 11 is 0. The minimum Gasteiger partial charge on any atom is -0.479 e. The summed E-state index contributed by atoms with van der Waals surface area (Å²) in [5, 5.41) is 26.0. The van der Waals surface area contributed by atoms with Gasteiger partial charge in [-0.2, -0.15) is 0 Å². The van der Waals surface area contributed by atoms with Crippen molar-refractivity contribution in [2.45, 2.75) is 45.3 Å². The molecule has 0 saturated heterocycles. The van der Waals surface area contributed by atoms with Crippen LogP contribution in [0.4, 0.5) is 4.79 Å². The summed E-state index contributed by atoms with van der Waals surface area (Å²) in [4.78, 5) is 23.9. The SMILES string of the molecule is CCCCn1nnnc1CNC(=O)NC(C)(C(=O)O)c1ccccc1. The smallest absolute Gasteiger partial charge is 0.333 e. The number of tetrazole rings is 1. The molecule has 1 heterocycles. The molecule has 2 aromatic rings. The Hall–Kier alpha value is -2.97. The highest BCUT2D eigenvalue weighted by atomic mass is 16.4. The molecule has 0 fully saturated rings. The van der Waals surface area contributed by atoms with Gasteiger partial charge in [-0.05, 0) is 29.3 Å².